The molecule has 0 aromatic rings. The summed E-state index contributed by atoms with van der Waals surface area (Å²) < 4.78 is 0. The highest BCUT2D eigenvalue weighted by Gasteiger charge is 2.37. The lowest BCUT2D eigenvalue weighted by molar-refractivity contribution is -0.124. The first-order valence-corrected chi connectivity index (χ1v) is 11.1. The summed E-state index contributed by atoms with van der Waals surface area (Å²) in [7, 11) is 0. The number of aliphatic hydroxyl groups excluding tert-OH is 1. The van der Waals surface area contributed by atoms with Crippen LogP contribution in [-0.2, 0) is 4.79 Å². The average Bonchev–Trinajstić information content (AvgIpc) is 2.98. The maximum absolute atomic E-state index is 12.3. The number of hydrogen-bond acceptors (Lipinski definition) is 2. The normalized spacial score (nSPS) is 19.6. The van der Waals surface area contributed by atoms with Gasteiger partial charge in [-0.2, -0.15) is 4.99 Å². The Kier molecular flexibility index (Phi) is 8.60. The van der Waals surface area contributed by atoms with Gasteiger partial charge in [-0.1, -0.05) is 61.4 Å². The van der Waals surface area contributed by atoms with Gasteiger partial charge >= 0.3 is 0 Å². The largest absolute Gasteiger partial charge is 0.383 e. The number of amides is 1. The summed E-state index contributed by atoms with van der Waals surface area (Å²) in [6.07, 6.45) is 15.0. The van der Waals surface area contributed by atoms with Gasteiger partial charge in [-0.3, -0.25) is 4.79 Å². The van der Waals surface area contributed by atoms with Crippen molar-refractivity contribution in [3.63, 3.8) is 0 Å². The summed E-state index contributed by atoms with van der Waals surface area (Å²) in [6, 6.07) is 0. The molecular weight excluding hydrogens is 372 g/mol. The van der Waals surface area contributed by atoms with Crippen LogP contribution in [0.1, 0.15) is 72.6 Å². The monoisotopic (exact) mass is 410 g/mol. The van der Waals surface area contributed by atoms with Crippen molar-refractivity contribution in [1.29, 1.82) is 0 Å². The zero-order valence-corrected chi connectivity index (χ0v) is 19.2. The van der Waals surface area contributed by atoms with Crippen LogP contribution in [0, 0.1) is 5.41 Å². The molecule has 164 valence electrons. The van der Waals surface area contributed by atoms with Crippen molar-refractivity contribution in [2.75, 3.05) is 6.54 Å². The second-order valence-electron chi connectivity index (χ2n) is 8.91. The Bertz CT molecular complexity index is 790. The summed E-state index contributed by atoms with van der Waals surface area (Å²) in [6.45, 7) is 16.3. The molecule has 1 atom stereocenters. The minimum absolute atomic E-state index is 0.0852. The standard InChI is InChI=1S/C26H38N2O2/c1-7-28(20(4)5)24(27-25(30)21(6)29)18-26(15-8-9-16-26)17-22-11-10-12-23(14-13-22)19(2)3/h10-12,14,21,29H,2,4,7-9,13,15-18H2,1,3,5-6H3/b27-24-. The molecule has 0 aromatic heterocycles. The van der Waals surface area contributed by atoms with Gasteiger partial charge < -0.3 is 10.0 Å². The Hall–Kier alpha value is -2.20. The molecule has 1 fully saturated rings. The van der Waals surface area contributed by atoms with E-state index in [4.69, 9.17) is 0 Å². The average molecular weight is 411 g/mol. The summed E-state index contributed by atoms with van der Waals surface area (Å²) >= 11 is 0. The van der Waals surface area contributed by atoms with Crippen LogP contribution in [0.15, 0.2) is 64.9 Å². The predicted molar refractivity (Wildman–Crippen MR) is 126 cm³/mol. The molecule has 2 aliphatic rings. The smallest absolute Gasteiger partial charge is 0.275 e. The van der Waals surface area contributed by atoms with E-state index in [0.717, 1.165) is 49.2 Å². The number of amidine groups is 1. The zero-order chi connectivity index (χ0) is 22.3. The molecule has 0 aromatic carbocycles. The number of allylic oxidation sites excluding steroid dienone is 8. The molecule has 2 rings (SSSR count). The minimum Gasteiger partial charge on any atom is -0.383 e. The van der Waals surface area contributed by atoms with E-state index in [1.807, 2.05) is 25.7 Å². The van der Waals surface area contributed by atoms with E-state index in [9.17, 15) is 9.90 Å². The Morgan fingerprint density at radius 3 is 2.50 bits per heavy atom. The third-order valence-corrected chi connectivity index (χ3v) is 6.17. The molecule has 30 heavy (non-hydrogen) atoms. The Labute approximate surface area is 182 Å². The van der Waals surface area contributed by atoms with Crippen LogP contribution < -0.4 is 0 Å². The number of carbonyl (C=O) groups excluding carboxylic acids is 1. The summed E-state index contributed by atoms with van der Waals surface area (Å²) in [5.41, 5.74) is 4.65. The molecule has 1 N–H and O–H groups in total. The fourth-order valence-electron chi connectivity index (χ4n) is 4.56. The van der Waals surface area contributed by atoms with Crippen molar-refractivity contribution < 1.29 is 9.90 Å². The van der Waals surface area contributed by atoms with Crippen LogP contribution in [-0.4, -0.2) is 34.4 Å². The van der Waals surface area contributed by atoms with Gasteiger partial charge in [-0.25, -0.2) is 0 Å². The fraction of sp³-hybridized carbons (Fsp3) is 0.538. The molecule has 1 amide bonds. The molecular formula is C26H38N2O2. The molecule has 1 unspecified atom stereocenters. The van der Waals surface area contributed by atoms with Gasteiger partial charge in [0, 0.05) is 18.7 Å². The molecule has 0 radical (unpaired) electrons. The highest BCUT2D eigenvalue weighted by atomic mass is 16.3. The van der Waals surface area contributed by atoms with Gasteiger partial charge in [0.15, 0.2) is 0 Å². The lowest BCUT2D eigenvalue weighted by atomic mass is 9.75. The highest BCUT2D eigenvalue weighted by Crippen LogP contribution is 2.47. The predicted octanol–water partition coefficient (Wildman–Crippen LogP) is 5.88. The van der Waals surface area contributed by atoms with Gasteiger partial charge in [0.1, 0.15) is 11.9 Å². The highest BCUT2D eigenvalue weighted by molar-refractivity contribution is 5.97. The maximum atomic E-state index is 12.3. The van der Waals surface area contributed by atoms with E-state index in [1.165, 1.54) is 30.9 Å². The lowest BCUT2D eigenvalue weighted by Gasteiger charge is -2.35. The van der Waals surface area contributed by atoms with Crippen LogP contribution in [0.2, 0.25) is 0 Å². The first kappa shape index (κ1) is 24.1. The van der Waals surface area contributed by atoms with E-state index >= 15 is 0 Å². The van der Waals surface area contributed by atoms with Crippen LogP contribution in [0.5, 0.6) is 0 Å². The second-order valence-corrected chi connectivity index (χ2v) is 8.91. The summed E-state index contributed by atoms with van der Waals surface area (Å²) in [5, 5.41) is 9.72. The number of carbonyl (C=O) groups is 1. The molecule has 1 saturated carbocycles. The maximum Gasteiger partial charge on any atom is 0.275 e. The lowest BCUT2D eigenvalue weighted by Crippen LogP contribution is -2.35. The van der Waals surface area contributed by atoms with Crippen molar-refractivity contribution >= 4 is 11.7 Å². The van der Waals surface area contributed by atoms with Crippen molar-refractivity contribution in [2.24, 2.45) is 10.4 Å². The van der Waals surface area contributed by atoms with Gasteiger partial charge in [0.05, 0.1) is 0 Å². The molecule has 4 heteroatoms. The Morgan fingerprint density at radius 2 is 1.97 bits per heavy atom. The fourth-order valence-corrected chi connectivity index (χ4v) is 4.56. The van der Waals surface area contributed by atoms with Gasteiger partial charge in [-0.05, 0) is 64.4 Å². The van der Waals surface area contributed by atoms with E-state index < -0.39 is 12.0 Å². The van der Waals surface area contributed by atoms with E-state index in [-0.39, 0.29) is 5.41 Å². The first-order valence-electron chi connectivity index (χ1n) is 11.1. The third kappa shape index (κ3) is 6.40. The van der Waals surface area contributed by atoms with Crippen molar-refractivity contribution in [3.8, 4) is 0 Å². The molecule has 4 nitrogen and oxygen atoms in total. The van der Waals surface area contributed by atoms with Crippen LogP contribution in [0.4, 0.5) is 0 Å². The molecule has 0 bridgehead atoms. The van der Waals surface area contributed by atoms with Crippen LogP contribution >= 0.6 is 0 Å². The summed E-state index contributed by atoms with van der Waals surface area (Å²) in [5.74, 6) is 0.254. The quantitative estimate of drug-likeness (QED) is 0.402. The van der Waals surface area contributed by atoms with E-state index in [2.05, 4.69) is 42.5 Å². The minimum atomic E-state index is -1.09. The molecule has 0 saturated heterocycles. The Morgan fingerprint density at radius 1 is 1.30 bits per heavy atom. The van der Waals surface area contributed by atoms with Crippen molar-refractivity contribution in [2.45, 2.75) is 78.7 Å². The Balaban J connectivity index is 2.31. The number of nitrogens with zero attached hydrogens (tertiary/aromatic N) is 2. The summed E-state index contributed by atoms with van der Waals surface area (Å²) in [4.78, 5) is 18.7. The molecule has 0 aliphatic heterocycles. The topological polar surface area (TPSA) is 52.9 Å². The van der Waals surface area contributed by atoms with Crippen LogP contribution in [0.3, 0.4) is 0 Å². The van der Waals surface area contributed by atoms with Crippen molar-refractivity contribution in [3.05, 3.63) is 59.9 Å². The van der Waals surface area contributed by atoms with Gasteiger partial charge in [-0.15, -0.1) is 0 Å². The number of aliphatic imine (C=N–C) groups is 1. The van der Waals surface area contributed by atoms with Gasteiger partial charge in [0.25, 0.3) is 5.91 Å². The number of hydrogen-bond donors (Lipinski definition) is 1. The zero-order valence-electron chi connectivity index (χ0n) is 19.2. The SMILES string of the molecule is C=C(C)C1=CCC(CC2(C/C(=N/C(=O)C(C)O)N(CC)C(=C)C)CCCC2)=CC=C1. The van der Waals surface area contributed by atoms with E-state index in [1.54, 1.807) is 0 Å². The second kappa shape index (κ2) is 10.7. The third-order valence-electron chi connectivity index (χ3n) is 6.17. The molecule has 0 spiro atoms. The first-order chi connectivity index (χ1) is 14.2. The van der Waals surface area contributed by atoms with Crippen molar-refractivity contribution in [1.82, 2.24) is 4.90 Å². The van der Waals surface area contributed by atoms with E-state index in [0.29, 0.717) is 6.54 Å². The molecule has 0 heterocycles. The van der Waals surface area contributed by atoms with Gasteiger partial charge in [0.2, 0.25) is 0 Å². The molecule has 2 aliphatic carbocycles. The number of aliphatic hydroxyl groups is 1. The number of rotatable bonds is 8. The van der Waals surface area contributed by atoms with Crippen LogP contribution in [0.25, 0.3) is 0 Å².